The molecule has 0 aromatic carbocycles. The summed E-state index contributed by atoms with van der Waals surface area (Å²) in [7, 11) is 1.77. The number of halogens is 2. The van der Waals surface area contributed by atoms with E-state index in [0.717, 1.165) is 24.0 Å². The smallest absolute Gasteiger partial charge is 0.277 e. The molecular weight excluding hydrogens is 412 g/mol. The molecule has 0 spiro atoms. The second-order valence-electron chi connectivity index (χ2n) is 7.06. The van der Waals surface area contributed by atoms with Gasteiger partial charge in [-0.2, -0.15) is 5.10 Å². The highest BCUT2D eigenvalue weighted by Gasteiger charge is 2.24. The van der Waals surface area contributed by atoms with Gasteiger partial charge in [0, 0.05) is 31.9 Å². The van der Waals surface area contributed by atoms with Gasteiger partial charge in [-0.05, 0) is 25.3 Å². The van der Waals surface area contributed by atoms with Crippen LogP contribution in [0.4, 0.5) is 25.3 Å². The lowest BCUT2D eigenvalue weighted by molar-refractivity contribution is 0.102. The molecule has 1 aliphatic heterocycles. The van der Waals surface area contributed by atoms with Gasteiger partial charge in [0.05, 0.1) is 12.4 Å². The minimum Gasteiger partial charge on any atom is -0.389 e. The van der Waals surface area contributed by atoms with Crippen molar-refractivity contribution >= 4 is 33.8 Å². The van der Waals surface area contributed by atoms with Crippen molar-refractivity contribution in [1.82, 2.24) is 19.7 Å². The molecular formula is C19H21F2N7OS. The number of nitrogens with one attached hydrogen (secondary N) is 1. The largest absolute Gasteiger partial charge is 0.389 e. The van der Waals surface area contributed by atoms with E-state index in [1.54, 1.807) is 11.7 Å². The van der Waals surface area contributed by atoms with Crippen LogP contribution in [0.25, 0.3) is 10.6 Å². The molecule has 3 aromatic heterocycles. The number of thiazole rings is 1. The van der Waals surface area contributed by atoms with Crippen LogP contribution in [0.15, 0.2) is 24.7 Å². The molecule has 1 aliphatic rings. The molecule has 1 atom stereocenters. The molecule has 0 radical (unpaired) electrons. The van der Waals surface area contributed by atoms with Crippen molar-refractivity contribution in [2.75, 3.05) is 29.0 Å². The molecule has 30 heavy (non-hydrogen) atoms. The predicted octanol–water partition coefficient (Wildman–Crippen LogP) is 3.24. The lowest BCUT2D eigenvalue weighted by atomic mass is 10.2. The monoisotopic (exact) mass is 433 g/mol. The second-order valence-corrected chi connectivity index (χ2v) is 8.09. The number of hydrogen-bond acceptors (Lipinski definition) is 7. The van der Waals surface area contributed by atoms with E-state index in [1.807, 2.05) is 4.90 Å². The summed E-state index contributed by atoms with van der Waals surface area (Å²) in [5.41, 5.74) is 6.72. The van der Waals surface area contributed by atoms with Crippen LogP contribution in [0.3, 0.4) is 0 Å². The zero-order chi connectivity index (χ0) is 21.3. The maximum absolute atomic E-state index is 14.0. The Hall–Kier alpha value is -3.08. The van der Waals surface area contributed by atoms with Crippen molar-refractivity contribution in [2.24, 2.45) is 7.05 Å². The van der Waals surface area contributed by atoms with E-state index in [2.05, 4.69) is 20.4 Å². The van der Waals surface area contributed by atoms with Gasteiger partial charge < -0.3 is 16.0 Å². The van der Waals surface area contributed by atoms with Crippen LogP contribution in [0.2, 0.25) is 0 Å². The Morgan fingerprint density at radius 1 is 1.33 bits per heavy atom. The number of nitrogen functional groups attached to an aromatic ring is 1. The number of nitrogens with two attached hydrogens (primary N) is 1. The number of carbonyl (C=O) groups excluding carboxylic acids is 1. The van der Waals surface area contributed by atoms with E-state index in [4.69, 9.17) is 5.73 Å². The third-order valence-corrected chi connectivity index (χ3v) is 5.90. The molecule has 158 valence electrons. The normalized spacial score (nSPS) is 17.0. The van der Waals surface area contributed by atoms with Gasteiger partial charge in [0.1, 0.15) is 21.9 Å². The topological polar surface area (TPSA) is 102 Å². The summed E-state index contributed by atoms with van der Waals surface area (Å²) < 4.78 is 29.4. The SMILES string of the molecule is Cn1ncc(NC(=O)c2nc(-c3ccncc3F)sc2N)c1N1CCCC(F)CC1. The average Bonchev–Trinajstić information content (AvgIpc) is 3.20. The third-order valence-electron chi connectivity index (χ3n) is 4.98. The molecule has 4 rings (SSSR count). The van der Waals surface area contributed by atoms with E-state index >= 15 is 0 Å². The number of hydrogen-bond donors (Lipinski definition) is 2. The van der Waals surface area contributed by atoms with Crippen LogP contribution in [-0.4, -0.2) is 44.9 Å². The van der Waals surface area contributed by atoms with Crippen molar-refractivity contribution in [2.45, 2.75) is 25.4 Å². The summed E-state index contributed by atoms with van der Waals surface area (Å²) in [5.74, 6) is -0.358. The number of rotatable bonds is 4. The Morgan fingerprint density at radius 3 is 2.97 bits per heavy atom. The number of aryl methyl sites for hydroxylation is 1. The lowest BCUT2D eigenvalue weighted by Gasteiger charge is -2.23. The fraction of sp³-hybridized carbons (Fsp3) is 0.368. The van der Waals surface area contributed by atoms with Gasteiger partial charge in [-0.1, -0.05) is 11.3 Å². The molecule has 8 nitrogen and oxygen atoms in total. The van der Waals surface area contributed by atoms with Crippen LogP contribution in [0.1, 0.15) is 29.8 Å². The molecule has 0 saturated carbocycles. The predicted molar refractivity (Wildman–Crippen MR) is 112 cm³/mol. The highest BCUT2D eigenvalue weighted by Crippen LogP contribution is 2.33. The van der Waals surface area contributed by atoms with E-state index in [-0.39, 0.29) is 16.3 Å². The second kappa shape index (κ2) is 8.34. The van der Waals surface area contributed by atoms with E-state index in [9.17, 15) is 13.6 Å². The third kappa shape index (κ3) is 3.97. The van der Waals surface area contributed by atoms with Crippen LogP contribution in [0, 0.1) is 5.82 Å². The first-order chi connectivity index (χ1) is 14.4. The van der Waals surface area contributed by atoms with E-state index in [1.165, 1.54) is 18.5 Å². The Kier molecular flexibility index (Phi) is 5.62. The number of amides is 1. The zero-order valence-corrected chi connectivity index (χ0v) is 17.1. The van der Waals surface area contributed by atoms with Gasteiger partial charge >= 0.3 is 0 Å². The van der Waals surface area contributed by atoms with Crippen LogP contribution in [-0.2, 0) is 7.05 Å². The molecule has 11 heteroatoms. The first-order valence-electron chi connectivity index (χ1n) is 9.52. The minimum atomic E-state index is -0.817. The van der Waals surface area contributed by atoms with Crippen molar-refractivity contribution in [3.8, 4) is 10.6 Å². The van der Waals surface area contributed by atoms with Gasteiger partial charge in [0.25, 0.3) is 5.91 Å². The van der Waals surface area contributed by atoms with Crippen molar-refractivity contribution in [3.05, 3.63) is 36.2 Å². The molecule has 1 amide bonds. The molecule has 4 heterocycles. The van der Waals surface area contributed by atoms with Crippen LogP contribution >= 0.6 is 11.3 Å². The van der Waals surface area contributed by atoms with Gasteiger partial charge in [-0.3, -0.25) is 14.5 Å². The van der Waals surface area contributed by atoms with Gasteiger partial charge in [0.15, 0.2) is 17.3 Å². The summed E-state index contributed by atoms with van der Waals surface area (Å²) in [6.45, 7) is 1.21. The Morgan fingerprint density at radius 2 is 2.17 bits per heavy atom. The average molecular weight is 433 g/mol. The van der Waals surface area contributed by atoms with E-state index in [0.29, 0.717) is 42.4 Å². The lowest BCUT2D eigenvalue weighted by Crippen LogP contribution is -2.28. The fourth-order valence-corrected chi connectivity index (χ4v) is 4.36. The number of aromatic nitrogens is 4. The summed E-state index contributed by atoms with van der Waals surface area (Å²) in [4.78, 5) is 22.8. The summed E-state index contributed by atoms with van der Waals surface area (Å²) in [6, 6.07) is 1.48. The van der Waals surface area contributed by atoms with Gasteiger partial charge in [-0.25, -0.2) is 13.8 Å². The number of alkyl halides is 1. The molecule has 1 saturated heterocycles. The highest BCUT2D eigenvalue weighted by atomic mass is 32.1. The van der Waals surface area contributed by atoms with Crippen molar-refractivity contribution < 1.29 is 13.6 Å². The Balaban J connectivity index is 1.58. The quantitative estimate of drug-likeness (QED) is 0.655. The van der Waals surface area contributed by atoms with Crippen molar-refractivity contribution in [3.63, 3.8) is 0 Å². The maximum atomic E-state index is 14.0. The summed E-state index contributed by atoms with van der Waals surface area (Å²) >= 11 is 1.03. The van der Waals surface area contributed by atoms with Crippen LogP contribution in [0.5, 0.6) is 0 Å². The number of anilines is 3. The minimum absolute atomic E-state index is 0.0145. The van der Waals surface area contributed by atoms with Gasteiger partial charge in [0.2, 0.25) is 0 Å². The molecule has 0 aliphatic carbocycles. The van der Waals surface area contributed by atoms with Gasteiger partial charge in [-0.15, -0.1) is 0 Å². The first-order valence-corrected chi connectivity index (χ1v) is 10.3. The first kappa shape index (κ1) is 20.2. The summed E-state index contributed by atoms with van der Waals surface area (Å²) in [5, 5.41) is 7.51. The molecule has 1 unspecified atom stereocenters. The number of nitrogens with zero attached hydrogens (tertiary/aromatic N) is 5. The standard InChI is InChI=1S/C19H21F2N7OS/c1-27-19(28-7-2-3-11(20)5-8-28)14(10-24-27)25-17(29)15-16(22)30-18(26-15)12-4-6-23-9-13(12)21/h4,6,9-11H,2-3,5,7-8,22H2,1H3,(H,25,29). The Bertz CT molecular complexity index is 1070. The summed E-state index contributed by atoms with van der Waals surface area (Å²) in [6.07, 6.45) is 4.93. The zero-order valence-electron chi connectivity index (χ0n) is 16.3. The molecule has 3 aromatic rings. The number of carbonyl (C=O) groups is 1. The fourth-order valence-electron chi connectivity index (χ4n) is 3.50. The molecule has 0 bridgehead atoms. The van der Waals surface area contributed by atoms with Crippen molar-refractivity contribution in [1.29, 1.82) is 0 Å². The molecule has 3 N–H and O–H groups in total. The highest BCUT2D eigenvalue weighted by molar-refractivity contribution is 7.19. The Labute approximate surface area is 175 Å². The maximum Gasteiger partial charge on any atom is 0.277 e. The van der Waals surface area contributed by atoms with Crippen LogP contribution < -0.4 is 16.0 Å². The molecule has 1 fully saturated rings. The van der Waals surface area contributed by atoms with E-state index < -0.39 is 17.9 Å². The number of pyridine rings is 1.